The fourth-order valence-corrected chi connectivity index (χ4v) is 2.98. The lowest BCUT2D eigenvalue weighted by molar-refractivity contribution is 0.102. The molecule has 0 amide bonds. The van der Waals surface area contributed by atoms with Crippen molar-refractivity contribution in [1.82, 2.24) is 0 Å². The zero-order valence-corrected chi connectivity index (χ0v) is 17.4. The molecule has 0 fully saturated rings. The van der Waals surface area contributed by atoms with Crippen LogP contribution >= 0.6 is 0 Å². The standard InChI is InChI=1S/C14H12O3.C13H10O2/c1-9-7-8-11(14(17)12(9)15)13(16)10-5-3-2-4-6-10;14-12-8-6-11(7-9-12)13(15)10-4-2-1-3-5-10/h2-8,15,17H,1H3;1-9,14H. The third kappa shape index (κ3) is 5.21. The number of ketones is 2. The van der Waals surface area contributed by atoms with Crippen LogP contribution in [0.1, 0.15) is 37.4 Å². The van der Waals surface area contributed by atoms with Gasteiger partial charge in [0.05, 0.1) is 5.56 Å². The van der Waals surface area contributed by atoms with Gasteiger partial charge in [-0.15, -0.1) is 0 Å². The number of hydrogen-bond acceptors (Lipinski definition) is 5. The summed E-state index contributed by atoms with van der Waals surface area (Å²) in [5.74, 6) is -0.778. The number of carbonyl (C=O) groups is 2. The highest BCUT2D eigenvalue weighted by Gasteiger charge is 2.17. The number of rotatable bonds is 4. The molecule has 4 aromatic rings. The number of benzene rings is 4. The van der Waals surface area contributed by atoms with E-state index in [2.05, 4.69) is 0 Å². The molecule has 5 nitrogen and oxygen atoms in total. The minimum Gasteiger partial charge on any atom is -0.508 e. The van der Waals surface area contributed by atoms with Crippen LogP contribution in [0.2, 0.25) is 0 Å². The molecule has 32 heavy (non-hydrogen) atoms. The van der Waals surface area contributed by atoms with Crippen molar-refractivity contribution in [3.05, 3.63) is 125 Å². The Labute approximate surface area is 185 Å². The predicted octanol–water partition coefficient (Wildman–Crippen LogP) is 5.26. The highest BCUT2D eigenvalue weighted by Crippen LogP contribution is 2.33. The first-order chi connectivity index (χ1) is 15.4. The Kier molecular flexibility index (Phi) is 7.03. The van der Waals surface area contributed by atoms with E-state index in [1.165, 1.54) is 18.2 Å². The Morgan fingerprint density at radius 2 is 1.00 bits per heavy atom. The van der Waals surface area contributed by atoms with Crippen molar-refractivity contribution in [3.63, 3.8) is 0 Å². The van der Waals surface area contributed by atoms with Gasteiger partial charge in [0.1, 0.15) is 5.75 Å². The smallest absolute Gasteiger partial charge is 0.196 e. The molecule has 0 radical (unpaired) electrons. The summed E-state index contributed by atoms with van der Waals surface area (Å²) in [6, 6.07) is 27.1. The summed E-state index contributed by atoms with van der Waals surface area (Å²) in [4.78, 5) is 23.9. The van der Waals surface area contributed by atoms with E-state index in [0.29, 0.717) is 22.3 Å². The Morgan fingerprint density at radius 1 is 0.531 bits per heavy atom. The average Bonchev–Trinajstić information content (AvgIpc) is 2.84. The van der Waals surface area contributed by atoms with Gasteiger partial charge >= 0.3 is 0 Å². The van der Waals surface area contributed by atoms with E-state index in [0.717, 1.165) is 0 Å². The molecule has 0 spiro atoms. The van der Waals surface area contributed by atoms with Crippen LogP contribution in [0, 0.1) is 6.92 Å². The molecule has 0 aliphatic heterocycles. The maximum Gasteiger partial charge on any atom is 0.196 e. The third-order valence-electron chi connectivity index (χ3n) is 4.80. The van der Waals surface area contributed by atoms with Crippen LogP contribution in [0.4, 0.5) is 0 Å². The molecule has 4 rings (SSSR count). The fraction of sp³-hybridized carbons (Fsp3) is 0.0370. The molecular formula is C27H22O5. The van der Waals surface area contributed by atoms with Gasteiger partial charge in [0.25, 0.3) is 0 Å². The Bertz CT molecular complexity index is 1210. The van der Waals surface area contributed by atoms with Gasteiger partial charge in [-0.3, -0.25) is 9.59 Å². The largest absolute Gasteiger partial charge is 0.508 e. The number of phenols is 3. The molecule has 0 bridgehead atoms. The summed E-state index contributed by atoms with van der Waals surface area (Å²) in [5.41, 5.74) is 2.36. The summed E-state index contributed by atoms with van der Waals surface area (Å²) in [6.45, 7) is 1.66. The van der Waals surface area contributed by atoms with Crippen LogP contribution in [0.5, 0.6) is 17.2 Å². The molecule has 0 aliphatic carbocycles. The quantitative estimate of drug-likeness (QED) is 0.306. The topological polar surface area (TPSA) is 94.8 Å². The van der Waals surface area contributed by atoms with E-state index in [-0.39, 0.29) is 34.4 Å². The van der Waals surface area contributed by atoms with Gasteiger partial charge in [-0.1, -0.05) is 66.7 Å². The third-order valence-corrected chi connectivity index (χ3v) is 4.80. The lowest BCUT2D eigenvalue weighted by atomic mass is 10.0. The molecule has 0 saturated carbocycles. The van der Waals surface area contributed by atoms with E-state index in [9.17, 15) is 19.8 Å². The molecule has 0 heterocycles. The molecular weight excluding hydrogens is 404 g/mol. The first-order valence-corrected chi connectivity index (χ1v) is 9.88. The maximum atomic E-state index is 12.1. The van der Waals surface area contributed by atoms with E-state index in [1.54, 1.807) is 61.5 Å². The molecule has 5 heteroatoms. The van der Waals surface area contributed by atoms with Crippen molar-refractivity contribution in [1.29, 1.82) is 0 Å². The summed E-state index contributed by atoms with van der Waals surface area (Å²) in [6.07, 6.45) is 0. The molecule has 0 unspecified atom stereocenters. The fourth-order valence-electron chi connectivity index (χ4n) is 2.98. The van der Waals surface area contributed by atoms with Gasteiger partial charge in [-0.2, -0.15) is 0 Å². The number of aromatic hydroxyl groups is 3. The predicted molar refractivity (Wildman–Crippen MR) is 122 cm³/mol. The van der Waals surface area contributed by atoms with E-state index < -0.39 is 0 Å². The first kappa shape index (κ1) is 22.3. The molecule has 0 aromatic heterocycles. The minimum absolute atomic E-state index is 0.0319. The number of hydrogen-bond donors (Lipinski definition) is 3. The van der Waals surface area contributed by atoms with Crippen LogP contribution in [0.15, 0.2) is 97.1 Å². The van der Waals surface area contributed by atoms with Gasteiger partial charge in [-0.25, -0.2) is 0 Å². The summed E-state index contributed by atoms with van der Waals surface area (Å²) in [5, 5.41) is 28.4. The first-order valence-electron chi connectivity index (χ1n) is 9.88. The van der Waals surface area contributed by atoms with Gasteiger partial charge in [0.15, 0.2) is 23.1 Å². The summed E-state index contributed by atoms with van der Waals surface area (Å²) in [7, 11) is 0. The minimum atomic E-state index is -0.362. The Balaban J connectivity index is 0.000000182. The lowest BCUT2D eigenvalue weighted by Gasteiger charge is -2.07. The summed E-state index contributed by atoms with van der Waals surface area (Å²) >= 11 is 0. The van der Waals surface area contributed by atoms with E-state index in [1.807, 2.05) is 24.3 Å². The average molecular weight is 426 g/mol. The van der Waals surface area contributed by atoms with Crippen LogP contribution in [-0.4, -0.2) is 26.9 Å². The van der Waals surface area contributed by atoms with Gasteiger partial charge in [0.2, 0.25) is 0 Å². The number of phenolic OH excluding ortho intramolecular Hbond substituents is 3. The van der Waals surface area contributed by atoms with Crippen molar-refractivity contribution in [2.75, 3.05) is 0 Å². The summed E-state index contributed by atoms with van der Waals surface area (Å²) < 4.78 is 0. The van der Waals surface area contributed by atoms with Crippen LogP contribution in [0.3, 0.4) is 0 Å². The van der Waals surface area contributed by atoms with Crippen molar-refractivity contribution < 1.29 is 24.9 Å². The highest BCUT2D eigenvalue weighted by atomic mass is 16.3. The molecule has 4 aromatic carbocycles. The van der Waals surface area contributed by atoms with Crippen molar-refractivity contribution in [3.8, 4) is 17.2 Å². The second-order valence-electron chi connectivity index (χ2n) is 7.06. The van der Waals surface area contributed by atoms with Crippen molar-refractivity contribution >= 4 is 11.6 Å². The SMILES string of the molecule is Cc1ccc(C(=O)c2ccccc2)c(O)c1O.O=C(c1ccccc1)c1ccc(O)cc1. The zero-order chi connectivity index (χ0) is 23.1. The zero-order valence-electron chi connectivity index (χ0n) is 17.4. The Morgan fingerprint density at radius 3 is 1.53 bits per heavy atom. The molecule has 0 saturated heterocycles. The van der Waals surface area contributed by atoms with Gasteiger partial charge in [-0.05, 0) is 42.8 Å². The molecule has 160 valence electrons. The normalized spacial score (nSPS) is 10.0. The van der Waals surface area contributed by atoms with Crippen LogP contribution in [0.25, 0.3) is 0 Å². The van der Waals surface area contributed by atoms with Crippen molar-refractivity contribution in [2.45, 2.75) is 6.92 Å². The highest BCUT2D eigenvalue weighted by molar-refractivity contribution is 6.11. The molecule has 3 N–H and O–H groups in total. The molecule has 0 atom stereocenters. The monoisotopic (exact) mass is 426 g/mol. The second kappa shape index (κ2) is 10.1. The van der Waals surface area contributed by atoms with Gasteiger partial charge in [0, 0.05) is 16.7 Å². The van der Waals surface area contributed by atoms with E-state index >= 15 is 0 Å². The van der Waals surface area contributed by atoms with Crippen LogP contribution in [-0.2, 0) is 0 Å². The Hall–Kier alpha value is -4.38. The van der Waals surface area contributed by atoms with E-state index in [4.69, 9.17) is 5.11 Å². The number of aryl methyl sites for hydroxylation is 1. The lowest BCUT2D eigenvalue weighted by Crippen LogP contribution is -2.01. The van der Waals surface area contributed by atoms with Gasteiger partial charge < -0.3 is 15.3 Å². The van der Waals surface area contributed by atoms with Crippen LogP contribution < -0.4 is 0 Å². The maximum absolute atomic E-state index is 12.1. The number of carbonyl (C=O) groups excluding carboxylic acids is 2. The molecule has 0 aliphatic rings. The van der Waals surface area contributed by atoms with Crippen molar-refractivity contribution in [2.24, 2.45) is 0 Å². The second-order valence-corrected chi connectivity index (χ2v) is 7.06.